The second-order valence-corrected chi connectivity index (χ2v) is 5.14. The van der Waals surface area contributed by atoms with Crippen molar-refractivity contribution >= 4 is 27.6 Å². The van der Waals surface area contributed by atoms with Crippen LogP contribution in [0, 0.1) is 0 Å². The average molecular weight is 301 g/mol. The average Bonchev–Trinajstić information content (AvgIpc) is 2.28. The predicted octanol–water partition coefficient (Wildman–Crippen LogP) is 2.00. The third-order valence-electron chi connectivity index (χ3n) is 3.00. The predicted molar refractivity (Wildman–Crippen MR) is 71.2 cm³/mol. The van der Waals surface area contributed by atoms with E-state index in [0.29, 0.717) is 6.54 Å². The Morgan fingerprint density at radius 3 is 2.53 bits per heavy atom. The van der Waals surface area contributed by atoms with E-state index >= 15 is 0 Å². The van der Waals surface area contributed by atoms with Crippen LogP contribution in [0.5, 0.6) is 0 Å². The van der Waals surface area contributed by atoms with Crippen molar-refractivity contribution in [1.82, 2.24) is 9.97 Å². The van der Waals surface area contributed by atoms with Crippen LogP contribution in [-0.4, -0.2) is 33.8 Å². The number of halogens is 1. The van der Waals surface area contributed by atoms with Gasteiger partial charge < -0.3 is 15.7 Å². The second-order valence-electron chi connectivity index (χ2n) is 4.35. The van der Waals surface area contributed by atoms with Gasteiger partial charge in [0.05, 0.1) is 5.60 Å². The largest absolute Gasteiger partial charge is 0.388 e. The zero-order valence-electron chi connectivity index (χ0n) is 9.83. The van der Waals surface area contributed by atoms with Crippen LogP contribution in [0.1, 0.15) is 26.2 Å². The molecule has 17 heavy (non-hydrogen) atoms. The summed E-state index contributed by atoms with van der Waals surface area (Å²) in [6, 6.07) is 0. The molecular weight excluding hydrogens is 284 g/mol. The molecule has 0 amide bonds. The van der Waals surface area contributed by atoms with Crippen LogP contribution in [0.2, 0.25) is 0 Å². The number of rotatable bonds is 5. The van der Waals surface area contributed by atoms with Gasteiger partial charge in [-0.15, -0.1) is 0 Å². The summed E-state index contributed by atoms with van der Waals surface area (Å²) >= 11 is 3.46. The van der Waals surface area contributed by atoms with Gasteiger partial charge in [-0.3, -0.25) is 0 Å². The summed E-state index contributed by atoms with van der Waals surface area (Å²) in [6.07, 6.45) is 4.34. The number of aliphatic hydroxyl groups is 1. The smallest absolute Gasteiger partial charge is 0.146 e. The number of anilines is 2. The van der Waals surface area contributed by atoms with E-state index in [0.717, 1.165) is 41.9 Å². The van der Waals surface area contributed by atoms with Crippen LogP contribution in [0.15, 0.2) is 10.8 Å². The first-order valence-corrected chi connectivity index (χ1v) is 6.64. The van der Waals surface area contributed by atoms with Crippen molar-refractivity contribution in [2.75, 3.05) is 23.7 Å². The molecule has 0 bridgehead atoms. The quantitative estimate of drug-likeness (QED) is 0.776. The Labute approximate surface area is 109 Å². The van der Waals surface area contributed by atoms with Crippen molar-refractivity contribution < 1.29 is 5.11 Å². The lowest BCUT2D eigenvalue weighted by Gasteiger charge is -2.36. The van der Waals surface area contributed by atoms with Gasteiger partial charge in [-0.05, 0) is 42.1 Å². The first kappa shape index (κ1) is 12.6. The highest BCUT2D eigenvalue weighted by Gasteiger charge is 2.34. The minimum atomic E-state index is -0.553. The third-order valence-corrected chi connectivity index (χ3v) is 3.75. The molecule has 0 spiro atoms. The zero-order valence-corrected chi connectivity index (χ0v) is 11.4. The summed E-state index contributed by atoms with van der Waals surface area (Å²) in [4.78, 5) is 8.30. The van der Waals surface area contributed by atoms with Crippen molar-refractivity contribution in [2.24, 2.45) is 0 Å². The first-order chi connectivity index (χ1) is 8.14. The number of nitrogens with zero attached hydrogens (tertiary/aromatic N) is 2. The van der Waals surface area contributed by atoms with Crippen molar-refractivity contribution in [3.05, 3.63) is 10.8 Å². The molecule has 1 aliphatic carbocycles. The summed E-state index contributed by atoms with van der Waals surface area (Å²) < 4.78 is 0.810. The van der Waals surface area contributed by atoms with Crippen molar-refractivity contribution in [3.63, 3.8) is 0 Å². The Balaban J connectivity index is 2.02. The molecule has 1 aromatic heterocycles. The lowest BCUT2D eigenvalue weighted by molar-refractivity contribution is -0.0202. The van der Waals surface area contributed by atoms with E-state index in [1.54, 1.807) is 0 Å². The topological polar surface area (TPSA) is 70.1 Å². The molecule has 94 valence electrons. The van der Waals surface area contributed by atoms with Crippen LogP contribution in [0.4, 0.5) is 11.6 Å². The van der Waals surface area contributed by atoms with Crippen LogP contribution >= 0.6 is 15.9 Å². The van der Waals surface area contributed by atoms with Crippen molar-refractivity contribution in [2.45, 2.75) is 31.8 Å². The second kappa shape index (κ2) is 5.18. The Morgan fingerprint density at radius 1 is 1.35 bits per heavy atom. The van der Waals surface area contributed by atoms with Crippen LogP contribution in [-0.2, 0) is 0 Å². The van der Waals surface area contributed by atoms with Gasteiger partial charge in [-0.2, -0.15) is 0 Å². The van der Waals surface area contributed by atoms with E-state index < -0.39 is 5.60 Å². The Hall–Kier alpha value is -0.880. The standard InChI is InChI=1S/C11H17BrN4O/c1-2-13-9-8(12)10(16-7-15-9)14-6-11(17)4-3-5-11/h7,17H,2-6H2,1H3,(H2,13,14,15,16). The molecule has 0 atom stereocenters. The molecule has 6 heteroatoms. The maximum atomic E-state index is 10.00. The van der Waals surface area contributed by atoms with E-state index in [-0.39, 0.29) is 0 Å². The normalized spacial score (nSPS) is 17.4. The molecule has 5 nitrogen and oxygen atoms in total. The molecule has 1 heterocycles. The lowest BCUT2D eigenvalue weighted by Crippen LogP contribution is -2.43. The highest BCUT2D eigenvalue weighted by Crippen LogP contribution is 2.33. The monoisotopic (exact) mass is 300 g/mol. The molecule has 1 aromatic rings. The van der Waals surface area contributed by atoms with Crippen molar-refractivity contribution in [3.8, 4) is 0 Å². The van der Waals surface area contributed by atoms with E-state index in [1.165, 1.54) is 6.33 Å². The van der Waals surface area contributed by atoms with Gasteiger partial charge in [-0.25, -0.2) is 9.97 Å². The minimum Gasteiger partial charge on any atom is -0.388 e. The number of nitrogens with one attached hydrogen (secondary N) is 2. The SMILES string of the molecule is CCNc1ncnc(NCC2(O)CCC2)c1Br. The van der Waals surface area contributed by atoms with Crippen LogP contribution in [0.3, 0.4) is 0 Å². The molecule has 0 radical (unpaired) electrons. The molecule has 0 aromatic carbocycles. The fourth-order valence-corrected chi connectivity index (χ4v) is 2.28. The van der Waals surface area contributed by atoms with Gasteiger partial charge in [-0.1, -0.05) is 0 Å². The first-order valence-electron chi connectivity index (χ1n) is 5.85. The fraction of sp³-hybridized carbons (Fsp3) is 0.636. The summed E-state index contributed by atoms with van der Waals surface area (Å²) in [7, 11) is 0. The van der Waals surface area contributed by atoms with Gasteiger partial charge >= 0.3 is 0 Å². The third kappa shape index (κ3) is 2.87. The molecule has 0 saturated heterocycles. The van der Waals surface area contributed by atoms with Gasteiger partial charge in [0, 0.05) is 13.1 Å². The molecule has 0 unspecified atom stereocenters. The fourth-order valence-electron chi connectivity index (χ4n) is 1.79. The highest BCUT2D eigenvalue weighted by molar-refractivity contribution is 9.10. The zero-order chi connectivity index (χ0) is 12.3. The number of aromatic nitrogens is 2. The van der Waals surface area contributed by atoms with Crippen LogP contribution in [0.25, 0.3) is 0 Å². The van der Waals surface area contributed by atoms with E-state index in [9.17, 15) is 5.11 Å². The summed E-state index contributed by atoms with van der Waals surface area (Å²) in [5.74, 6) is 1.49. The van der Waals surface area contributed by atoms with E-state index in [4.69, 9.17) is 0 Å². The molecular formula is C11H17BrN4O. The molecule has 0 aliphatic heterocycles. The van der Waals surface area contributed by atoms with Gasteiger partial charge in [0.1, 0.15) is 22.4 Å². The molecule has 1 fully saturated rings. The minimum absolute atomic E-state index is 0.536. The van der Waals surface area contributed by atoms with Gasteiger partial charge in [0.15, 0.2) is 0 Å². The van der Waals surface area contributed by atoms with E-state index in [1.807, 2.05) is 6.92 Å². The number of hydrogen-bond donors (Lipinski definition) is 3. The van der Waals surface area contributed by atoms with Crippen molar-refractivity contribution in [1.29, 1.82) is 0 Å². The Bertz CT molecular complexity index is 395. The maximum absolute atomic E-state index is 10.00. The summed E-state index contributed by atoms with van der Waals surface area (Å²) in [6.45, 7) is 3.35. The molecule has 2 rings (SSSR count). The van der Waals surface area contributed by atoms with E-state index in [2.05, 4.69) is 36.5 Å². The lowest BCUT2D eigenvalue weighted by atomic mass is 9.80. The number of hydrogen-bond acceptors (Lipinski definition) is 5. The highest BCUT2D eigenvalue weighted by atomic mass is 79.9. The summed E-state index contributed by atoms with van der Waals surface area (Å²) in [5.41, 5.74) is -0.553. The van der Waals surface area contributed by atoms with Crippen LogP contribution < -0.4 is 10.6 Å². The maximum Gasteiger partial charge on any atom is 0.146 e. The molecule has 3 N–H and O–H groups in total. The van der Waals surface area contributed by atoms with Gasteiger partial charge in [0.25, 0.3) is 0 Å². The molecule has 1 aliphatic rings. The van der Waals surface area contributed by atoms with Gasteiger partial charge in [0.2, 0.25) is 0 Å². The molecule has 1 saturated carbocycles. The Morgan fingerprint density at radius 2 is 2.00 bits per heavy atom. The summed E-state index contributed by atoms with van der Waals surface area (Å²) in [5, 5.41) is 16.3. The Kier molecular flexibility index (Phi) is 3.83.